The molecule has 0 unspecified atom stereocenters. The van der Waals surface area contributed by atoms with E-state index in [9.17, 15) is 14.4 Å². The molecule has 27 heavy (non-hydrogen) atoms. The van der Waals surface area contributed by atoms with Gasteiger partial charge in [-0.15, -0.1) is 0 Å². The van der Waals surface area contributed by atoms with Crippen molar-refractivity contribution >= 4 is 44.9 Å². The topological polar surface area (TPSA) is 72.9 Å². The van der Waals surface area contributed by atoms with Crippen LogP contribution in [0.5, 0.6) is 5.75 Å². The highest BCUT2D eigenvalue weighted by Crippen LogP contribution is 2.24. The van der Waals surface area contributed by atoms with E-state index in [0.717, 1.165) is 10.0 Å². The van der Waals surface area contributed by atoms with E-state index in [1.54, 1.807) is 36.6 Å². The maximum atomic E-state index is 12.3. The van der Waals surface area contributed by atoms with E-state index in [0.29, 0.717) is 17.9 Å². The fraction of sp³-hybridized carbons (Fsp3) is 0.316. The van der Waals surface area contributed by atoms with Crippen LogP contribution in [0.15, 0.2) is 39.5 Å². The van der Waals surface area contributed by atoms with Gasteiger partial charge in [-0.3, -0.25) is 14.4 Å². The number of methoxy groups -OCH3 is 1. The molecule has 1 aromatic heterocycles. The number of hydrogen-bond donors (Lipinski definition) is 0. The van der Waals surface area contributed by atoms with Crippen LogP contribution in [0.25, 0.3) is 0 Å². The standard InChI is InChI=1S/C19H20BrNO5S/c1-21(10-13-7-8-27-12-13)18(23)11-26-19(24)6-4-16(22)15-9-14(20)3-5-17(15)25-2/h3,5,7-9,12H,4,6,10-11H2,1-2H3. The Balaban J connectivity index is 1.78. The van der Waals surface area contributed by atoms with Crippen molar-refractivity contribution in [2.75, 3.05) is 20.8 Å². The average molecular weight is 454 g/mol. The highest BCUT2D eigenvalue weighted by Gasteiger charge is 2.17. The lowest BCUT2D eigenvalue weighted by molar-refractivity contribution is -0.151. The Hall–Kier alpha value is -2.19. The molecule has 2 rings (SSSR count). The second kappa shape index (κ2) is 10.2. The number of benzene rings is 1. The summed E-state index contributed by atoms with van der Waals surface area (Å²) in [7, 11) is 3.13. The summed E-state index contributed by atoms with van der Waals surface area (Å²) in [6, 6.07) is 7.03. The fourth-order valence-electron chi connectivity index (χ4n) is 2.32. The van der Waals surface area contributed by atoms with Crippen LogP contribution in [0.2, 0.25) is 0 Å². The summed E-state index contributed by atoms with van der Waals surface area (Å²) in [6.45, 7) is 0.120. The lowest BCUT2D eigenvalue weighted by Crippen LogP contribution is -2.30. The maximum Gasteiger partial charge on any atom is 0.306 e. The zero-order chi connectivity index (χ0) is 19.8. The highest BCUT2D eigenvalue weighted by molar-refractivity contribution is 9.10. The van der Waals surface area contributed by atoms with Gasteiger partial charge in [0.15, 0.2) is 12.4 Å². The number of hydrogen-bond acceptors (Lipinski definition) is 6. The minimum absolute atomic E-state index is 0.0232. The Morgan fingerprint density at radius 3 is 2.63 bits per heavy atom. The van der Waals surface area contributed by atoms with Crippen molar-refractivity contribution < 1.29 is 23.9 Å². The number of thiophene rings is 1. The Labute approximate surface area is 170 Å². The van der Waals surface area contributed by atoms with Gasteiger partial charge in [-0.25, -0.2) is 0 Å². The molecule has 144 valence electrons. The van der Waals surface area contributed by atoms with Gasteiger partial charge in [0.05, 0.1) is 19.1 Å². The number of likely N-dealkylation sites (N-methyl/N-ethyl adjacent to an activating group) is 1. The van der Waals surface area contributed by atoms with Crippen molar-refractivity contribution in [3.8, 4) is 5.75 Å². The number of amides is 1. The first-order chi connectivity index (χ1) is 12.9. The number of nitrogens with zero attached hydrogens (tertiary/aromatic N) is 1. The summed E-state index contributed by atoms with van der Waals surface area (Å²) in [5.41, 5.74) is 1.42. The molecular formula is C19H20BrNO5S. The molecule has 0 saturated carbocycles. The molecular weight excluding hydrogens is 434 g/mol. The van der Waals surface area contributed by atoms with E-state index in [2.05, 4.69) is 15.9 Å². The van der Waals surface area contributed by atoms with E-state index in [-0.39, 0.29) is 31.1 Å². The first-order valence-corrected chi connectivity index (χ1v) is 9.91. The predicted octanol–water partition coefficient (Wildman–Crippen LogP) is 3.68. The van der Waals surface area contributed by atoms with Crippen molar-refractivity contribution in [3.05, 3.63) is 50.6 Å². The zero-order valence-electron chi connectivity index (χ0n) is 15.1. The Morgan fingerprint density at radius 2 is 1.96 bits per heavy atom. The number of carbonyl (C=O) groups excluding carboxylic acids is 3. The Morgan fingerprint density at radius 1 is 1.19 bits per heavy atom. The Bertz CT molecular complexity index is 806. The van der Waals surface area contributed by atoms with Gasteiger partial charge < -0.3 is 14.4 Å². The van der Waals surface area contributed by atoms with Gasteiger partial charge in [0.2, 0.25) is 0 Å². The Kier molecular flexibility index (Phi) is 7.99. The number of Topliss-reactive ketones (excluding diaryl/α,β-unsaturated/α-hetero) is 1. The zero-order valence-corrected chi connectivity index (χ0v) is 17.5. The predicted molar refractivity (Wildman–Crippen MR) is 106 cm³/mol. The molecule has 0 aliphatic heterocycles. The number of carbonyl (C=O) groups is 3. The molecule has 0 radical (unpaired) electrons. The molecule has 0 N–H and O–H groups in total. The molecule has 0 aliphatic carbocycles. The van der Waals surface area contributed by atoms with Crippen LogP contribution in [-0.4, -0.2) is 43.3 Å². The van der Waals surface area contributed by atoms with Crippen LogP contribution < -0.4 is 4.74 Å². The molecule has 0 atom stereocenters. The van der Waals surface area contributed by atoms with Crippen LogP contribution in [0.3, 0.4) is 0 Å². The van der Waals surface area contributed by atoms with Crippen molar-refractivity contribution in [2.24, 2.45) is 0 Å². The van der Waals surface area contributed by atoms with Crippen molar-refractivity contribution in [1.29, 1.82) is 0 Å². The van der Waals surface area contributed by atoms with Crippen molar-refractivity contribution in [2.45, 2.75) is 19.4 Å². The SMILES string of the molecule is COc1ccc(Br)cc1C(=O)CCC(=O)OCC(=O)N(C)Cc1ccsc1. The summed E-state index contributed by atoms with van der Waals surface area (Å²) in [5.74, 6) is -0.670. The monoisotopic (exact) mass is 453 g/mol. The largest absolute Gasteiger partial charge is 0.496 e. The number of halogens is 1. The second-order valence-electron chi connectivity index (χ2n) is 5.81. The molecule has 0 saturated heterocycles. The van der Waals surface area contributed by atoms with Crippen molar-refractivity contribution in [1.82, 2.24) is 4.90 Å². The van der Waals surface area contributed by atoms with E-state index in [4.69, 9.17) is 9.47 Å². The van der Waals surface area contributed by atoms with Crippen LogP contribution in [0, 0.1) is 0 Å². The third-order valence-electron chi connectivity index (χ3n) is 3.80. The van der Waals surface area contributed by atoms with Gasteiger partial charge >= 0.3 is 5.97 Å². The molecule has 0 bridgehead atoms. The summed E-state index contributed by atoms with van der Waals surface area (Å²) >= 11 is 4.86. The number of ketones is 1. The molecule has 6 nitrogen and oxygen atoms in total. The first kappa shape index (κ1) is 21.1. The van der Waals surface area contributed by atoms with Gasteiger partial charge in [0, 0.05) is 24.5 Å². The molecule has 1 aromatic carbocycles. The quantitative estimate of drug-likeness (QED) is 0.427. The van der Waals surface area contributed by atoms with Crippen LogP contribution >= 0.6 is 27.3 Å². The third-order valence-corrected chi connectivity index (χ3v) is 5.03. The molecule has 1 amide bonds. The molecule has 0 aliphatic rings. The summed E-state index contributed by atoms with van der Waals surface area (Å²) in [6.07, 6.45) is -0.124. The van der Waals surface area contributed by atoms with E-state index < -0.39 is 5.97 Å². The molecule has 0 spiro atoms. The third kappa shape index (κ3) is 6.48. The second-order valence-corrected chi connectivity index (χ2v) is 7.51. The number of rotatable bonds is 9. The van der Waals surface area contributed by atoms with Crippen molar-refractivity contribution in [3.63, 3.8) is 0 Å². The lowest BCUT2D eigenvalue weighted by atomic mass is 10.1. The summed E-state index contributed by atoms with van der Waals surface area (Å²) in [5, 5.41) is 3.89. The van der Waals surface area contributed by atoms with Gasteiger partial charge in [-0.05, 0) is 40.6 Å². The van der Waals surface area contributed by atoms with Crippen LogP contribution in [0.4, 0.5) is 0 Å². The van der Waals surface area contributed by atoms with Crippen LogP contribution in [-0.2, 0) is 20.9 Å². The van der Waals surface area contributed by atoms with E-state index in [1.807, 2.05) is 16.8 Å². The normalized spacial score (nSPS) is 10.3. The fourth-order valence-corrected chi connectivity index (χ4v) is 3.34. The van der Waals surface area contributed by atoms with E-state index >= 15 is 0 Å². The van der Waals surface area contributed by atoms with Gasteiger partial charge in [0.25, 0.3) is 5.91 Å². The minimum Gasteiger partial charge on any atom is -0.496 e. The molecule has 2 aromatic rings. The van der Waals surface area contributed by atoms with Gasteiger partial charge in [-0.2, -0.15) is 11.3 Å². The lowest BCUT2D eigenvalue weighted by Gasteiger charge is -2.16. The van der Waals surface area contributed by atoms with Gasteiger partial charge in [-0.1, -0.05) is 15.9 Å². The average Bonchev–Trinajstić information content (AvgIpc) is 3.16. The van der Waals surface area contributed by atoms with Crippen LogP contribution in [0.1, 0.15) is 28.8 Å². The molecule has 8 heteroatoms. The number of esters is 1. The maximum absolute atomic E-state index is 12.3. The highest BCUT2D eigenvalue weighted by atomic mass is 79.9. The summed E-state index contributed by atoms with van der Waals surface area (Å²) in [4.78, 5) is 37.7. The van der Waals surface area contributed by atoms with E-state index in [1.165, 1.54) is 12.0 Å². The summed E-state index contributed by atoms with van der Waals surface area (Å²) < 4.78 is 10.9. The number of ether oxygens (including phenoxy) is 2. The molecule has 0 fully saturated rings. The smallest absolute Gasteiger partial charge is 0.306 e. The minimum atomic E-state index is -0.588. The van der Waals surface area contributed by atoms with Gasteiger partial charge in [0.1, 0.15) is 5.75 Å². The molecule has 1 heterocycles. The first-order valence-electron chi connectivity index (χ1n) is 8.18.